The average Bonchev–Trinajstić information content (AvgIpc) is 2.93. The molecule has 2 aromatic carbocycles. The van der Waals surface area contributed by atoms with Crippen LogP contribution in [0.4, 0.5) is 16.2 Å². The minimum absolute atomic E-state index is 0.0861. The van der Waals surface area contributed by atoms with Crippen LogP contribution in [-0.2, 0) is 0 Å². The molecule has 1 saturated heterocycles. The van der Waals surface area contributed by atoms with E-state index in [1.165, 1.54) is 0 Å². The van der Waals surface area contributed by atoms with E-state index in [-0.39, 0.29) is 11.9 Å². The predicted molar refractivity (Wildman–Crippen MR) is 91.1 cm³/mol. The summed E-state index contributed by atoms with van der Waals surface area (Å²) < 4.78 is 0. The Morgan fingerprint density at radius 2 is 1.74 bits per heavy atom. The Morgan fingerprint density at radius 1 is 1.09 bits per heavy atom. The number of rotatable bonds is 3. The third kappa shape index (κ3) is 3.34. The van der Waals surface area contributed by atoms with Crippen LogP contribution in [0.1, 0.15) is 21.5 Å². The molecule has 23 heavy (non-hydrogen) atoms. The van der Waals surface area contributed by atoms with E-state index >= 15 is 0 Å². The number of aryl methyl sites for hydroxylation is 2. The minimum Gasteiger partial charge on any atom is -0.336 e. The molecule has 0 saturated carbocycles. The molecule has 3 amide bonds. The molecule has 1 aliphatic rings. The minimum atomic E-state index is -0.136. The molecule has 1 fully saturated rings. The summed E-state index contributed by atoms with van der Waals surface area (Å²) >= 11 is 0. The van der Waals surface area contributed by atoms with E-state index in [1.807, 2.05) is 56.3 Å². The van der Waals surface area contributed by atoms with Crippen LogP contribution < -0.4 is 15.5 Å². The summed E-state index contributed by atoms with van der Waals surface area (Å²) in [6.45, 7) is 5.26. The van der Waals surface area contributed by atoms with E-state index in [2.05, 4.69) is 10.6 Å². The van der Waals surface area contributed by atoms with E-state index in [1.54, 1.807) is 4.90 Å². The van der Waals surface area contributed by atoms with E-state index < -0.39 is 0 Å². The molecular formula is C18H19N3O2. The molecule has 0 atom stereocenters. The topological polar surface area (TPSA) is 61.4 Å². The third-order valence-electron chi connectivity index (χ3n) is 3.78. The first-order chi connectivity index (χ1) is 11.0. The maximum atomic E-state index is 12.3. The lowest BCUT2D eigenvalue weighted by Crippen LogP contribution is -2.27. The molecule has 0 bridgehead atoms. The molecule has 5 heteroatoms. The summed E-state index contributed by atoms with van der Waals surface area (Å²) in [6.07, 6.45) is 0. The van der Waals surface area contributed by atoms with Gasteiger partial charge < -0.3 is 10.6 Å². The normalized spacial score (nSPS) is 13.8. The number of nitrogens with one attached hydrogen (secondary N) is 2. The van der Waals surface area contributed by atoms with Crippen LogP contribution in [0.2, 0.25) is 0 Å². The fourth-order valence-electron chi connectivity index (χ4n) is 2.75. The highest BCUT2D eigenvalue weighted by Gasteiger charge is 2.20. The highest BCUT2D eigenvalue weighted by atomic mass is 16.2. The van der Waals surface area contributed by atoms with Crippen molar-refractivity contribution in [2.24, 2.45) is 0 Å². The van der Waals surface area contributed by atoms with Gasteiger partial charge in [-0.1, -0.05) is 17.2 Å². The predicted octanol–water partition coefficient (Wildman–Crippen LogP) is 3.09. The standard InChI is InChI=1S/C18H19N3O2/c1-12-9-13(2)11-14(10-12)17(22)20-15-3-5-16(6-4-15)21-8-7-19-18(21)23/h3-6,9-11H,7-8H2,1-2H3,(H,19,23)(H,20,22). The molecule has 0 aromatic heterocycles. The maximum Gasteiger partial charge on any atom is 0.321 e. The largest absolute Gasteiger partial charge is 0.336 e. The quantitative estimate of drug-likeness (QED) is 0.915. The lowest BCUT2D eigenvalue weighted by Gasteiger charge is -2.14. The molecule has 0 aliphatic carbocycles. The Labute approximate surface area is 135 Å². The van der Waals surface area contributed by atoms with Crippen molar-refractivity contribution in [3.63, 3.8) is 0 Å². The number of anilines is 2. The number of carbonyl (C=O) groups is 2. The Balaban J connectivity index is 1.72. The van der Waals surface area contributed by atoms with Gasteiger partial charge in [0.05, 0.1) is 0 Å². The van der Waals surface area contributed by atoms with Crippen LogP contribution in [0.3, 0.4) is 0 Å². The molecule has 2 aromatic rings. The zero-order chi connectivity index (χ0) is 16.4. The highest BCUT2D eigenvalue weighted by Crippen LogP contribution is 2.20. The first kappa shape index (κ1) is 15.1. The number of benzene rings is 2. The Hall–Kier alpha value is -2.82. The molecule has 0 unspecified atom stereocenters. The van der Waals surface area contributed by atoms with Crippen molar-refractivity contribution in [1.29, 1.82) is 0 Å². The Bertz CT molecular complexity index is 733. The van der Waals surface area contributed by atoms with Gasteiger partial charge in [0.2, 0.25) is 0 Å². The first-order valence-electron chi connectivity index (χ1n) is 7.58. The van der Waals surface area contributed by atoms with Gasteiger partial charge in [-0.15, -0.1) is 0 Å². The maximum absolute atomic E-state index is 12.3. The zero-order valence-electron chi connectivity index (χ0n) is 13.2. The second-order valence-electron chi connectivity index (χ2n) is 5.76. The number of urea groups is 1. The second-order valence-corrected chi connectivity index (χ2v) is 5.76. The molecule has 1 heterocycles. The van der Waals surface area contributed by atoms with Crippen molar-refractivity contribution in [3.05, 3.63) is 59.2 Å². The summed E-state index contributed by atoms with van der Waals surface area (Å²) in [5, 5.41) is 5.65. The Morgan fingerprint density at radius 3 is 2.30 bits per heavy atom. The van der Waals surface area contributed by atoms with E-state index in [4.69, 9.17) is 0 Å². The summed E-state index contributed by atoms with van der Waals surface area (Å²) in [5.74, 6) is -0.136. The van der Waals surface area contributed by atoms with E-state index in [0.29, 0.717) is 24.3 Å². The van der Waals surface area contributed by atoms with Crippen LogP contribution in [-0.4, -0.2) is 25.0 Å². The van der Waals surface area contributed by atoms with Gasteiger partial charge in [0.1, 0.15) is 0 Å². The summed E-state index contributed by atoms with van der Waals surface area (Å²) in [4.78, 5) is 25.6. The zero-order valence-corrected chi connectivity index (χ0v) is 13.2. The van der Waals surface area contributed by atoms with Gasteiger partial charge >= 0.3 is 6.03 Å². The van der Waals surface area contributed by atoms with Gasteiger partial charge in [0, 0.05) is 30.0 Å². The monoisotopic (exact) mass is 309 g/mol. The molecule has 118 valence electrons. The molecule has 0 spiro atoms. The van der Waals surface area contributed by atoms with Gasteiger partial charge in [-0.25, -0.2) is 4.79 Å². The number of amides is 3. The van der Waals surface area contributed by atoms with Crippen molar-refractivity contribution in [2.75, 3.05) is 23.3 Å². The SMILES string of the molecule is Cc1cc(C)cc(C(=O)Nc2ccc(N3CCNC3=O)cc2)c1. The molecule has 0 radical (unpaired) electrons. The molecule has 1 aliphatic heterocycles. The van der Waals surface area contributed by atoms with Crippen molar-refractivity contribution < 1.29 is 9.59 Å². The van der Waals surface area contributed by atoms with Crippen LogP contribution in [0.5, 0.6) is 0 Å². The van der Waals surface area contributed by atoms with Crippen molar-refractivity contribution >= 4 is 23.3 Å². The number of hydrogen-bond donors (Lipinski definition) is 2. The van der Waals surface area contributed by atoms with Crippen molar-refractivity contribution in [1.82, 2.24) is 5.32 Å². The summed E-state index contributed by atoms with van der Waals surface area (Å²) in [7, 11) is 0. The number of hydrogen-bond acceptors (Lipinski definition) is 2. The molecule has 5 nitrogen and oxygen atoms in total. The summed E-state index contributed by atoms with van der Waals surface area (Å²) in [6, 6.07) is 13.0. The van der Waals surface area contributed by atoms with E-state index in [9.17, 15) is 9.59 Å². The lowest BCUT2D eigenvalue weighted by molar-refractivity contribution is 0.102. The van der Waals surface area contributed by atoms with Crippen molar-refractivity contribution in [2.45, 2.75) is 13.8 Å². The molecular weight excluding hydrogens is 290 g/mol. The van der Waals surface area contributed by atoms with E-state index in [0.717, 1.165) is 16.8 Å². The first-order valence-corrected chi connectivity index (χ1v) is 7.58. The van der Waals surface area contributed by atoms with Crippen molar-refractivity contribution in [3.8, 4) is 0 Å². The van der Waals surface area contributed by atoms with Crippen LogP contribution >= 0.6 is 0 Å². The third-order valence-corrected chi connectivity index (χ3v) is 3.78. The fraction of sp³-hybridized carbons (Fsp3) is 0.222. The second kappa shape index (κ2) is 6.12. The summed E-state index contributed by atoms with van der Waals surface area (Å²) in [5.41, 5.74) is 4.29. The molecule has 3 rings (SSSR count). The van der Waals surface area contributed by atoms with Gasteiger partial charge in [0.25, 0.3) is 5.91 Å². The lowest BCUT2D eigenvalue weighted by atomic mass is 10.1. The molecule has 2 N–H and O–H groups in total. The van der Waals surface area contributed by atoms with Gasteiger partial charge in [-0.2, -0.15) is 0 Å². The number of carbonyl (C=O) groups excluding carboxylic acids is 2. The fourth-order valence-corrected chi connectivity index (χ4v) is 2.75. The van der Waals surface area contributed by atoms with Crippen LogP contribution in [0.25, 0.3) is 0 Å². The van der Waals surface area contributed by atoms with Gasteiger partial charge in [-0.05, 0) is 50.2 Å². The average molecular weight is 309 g/mol. The van der Waals surface area contributed by atoms with Gasteiger partial charge in [-0.3, -0.25) is 9.69 Å². The number of nitrogens with zero attached hydrogens (tertiary/aromatic N) is 1. The van der Waals surface area contributed by atoms with Gasteiger partial charge in [0.15, 0.2) is 0 Å². The highest BCUT2D eigenvalue weighted by molar-refractivity contribution is 6.04. The Kier molecular flexibility index (Phi) is 4.02. The van der Waals surface area contributed by atoms with Crippen LogP contribution in [0.15, 0.2) is 42.5 Å². The van der Waals surface area contributed by atoms with Crippen LogP contribution in [0, 0.1) is 13.8 Å². The smallest absolute Gasteiger partial charge is 0.321 e.